The molecular formula is C23H44N2O2. The molecule has 0 aromatic rings. The van der Waals surface area contributed by atoms with E-state index in [-0.39, 0.29) is 4.48 Å². The highest BCUT2D eigenvalue weighted by atomic mass is 16.4. The Labute approximate surface area is 168 Å². The first kappa shape index (κ1) is 24.0. The maximum Gasteiger partial charge on any atom is 0.263 e. The number of carbonyl (C=O) groups excluding carboxylic acids is 1. The Bertz CT molecular complexity index is 411. The first-order valence-electron chi connectivity index (χ1n) is 11.6. The third kappa shape index (κ3) is 11.4. The molecule has 1 amide bonds. The minimum Gasteiger partial charge on any atom is -0.498 e. The third-order valence-corrected chi connectivity index (χ3v) is 5.80. The molecule has 0 bridgehead atoms. The molecule has 1 heterocycles. The number of amides is 1. The van der Waals surface area contributed by atoms with Gasteiger partial charge in [0.25, 0.3) is 6.09 Å². The van der Waals surface area contributed by atoms with Crippen molar-refractivity contribution in [2.75, 3.05) is 20.3 Å². The SMILES string of the molecule is CCCCCCCCCCCCCCCCCCN1C=C[N+](C)(C(=O)[O-])C1. The largest absolute Gasteiger partial charge is 0.498 e. The van der Waals surface area contributed by atoms with E-state index in [2.05, 4.69) is 11.8 Å². The lowest BCUT2D eigenvalue weighted by Gasteiger charge is -2.27. The van der Waals surface area contributed by atoms with Crippen LogP contribution in [0.15, 0.2) is 12.4 Å². The van der Waals surface area contributed by atoms with Crippen LogP contribution in [0, 0.1) is 0 Å². The number of carboxylic acid groups (broad SMARTS) is 1. The summed E-state index contributed by atoms with van der Waals surface area (Å²) in [7, 11) is 1.68. The molecule has 0 aliphatic carbocycles. The van der Waals surface area contributed by atoms with Gasteiger partial charge < -0.3 is 14.8 Å². The summed E-state index contributed by atoms with van der Waals surface area (Å²) >= 11 is 0. The van der Waals surface area contributed by atoms with Gasteiger partial charge in [-0.25, -0.2) is 4.48 Å². The molecule has 4 nitrogen and oxygen atoms in total. The molecule has 4 heteroatoms. The average Bonchev–Trinajstić information content (AvgIpc) is 3.04. The molecule has 1 atom stereocenters. The fraction of sp³-hybridized carbons (Fsp3) is 0.870. The fourth-order valence-corrected chi connectivity index (χ4v) is 3.84. The Kier molecular flexibility index (Phi) is 13.3. The zero-order chi connectivity index (χ0) is 19.8. The summed E-state index contributed by atoms with van der Waals surface area (Å²) in [6, 6.07) is 0. The first-order valence-corrected chi connectivity index (χ1v) is 11.6. The molecule has 1 aliphatic rings. The smallest absolute Gasteiger partial charge is 0.263 e. The summed E-state index contributed by atoms with van der Waals surface area (Å²) in [4.78, 5) is 13.2. The molecule has 0 radical (unpaired) electrons. The van der Waals surface area contributed by atoms with E-state index in [1.807, 2.05) is 6.20 Å². The fourth-order valence-electron chi connectivity index (χ4n) is 3.84. The highest BCUT2D eigenvalue weighted by Crippen LogP contribution is 2.17. The van der Waals surface area contributed by atoms with Crippen molar-refractivity contribution >= 4 is 6.09 Å². The van der Waals surface area contributed by atoms with E-state index >= 15 is 0 Å². The summed E-state index contributed by atoms with van der Waals surface area (Å²) in [5.41, 5.74) is 0. The minimum atomic E-state index is -1.03. The number of hydrogen-bond acceptors (Lipinski definition) is 3. The molecule has 27 heavy (non-hydrogen) atoms. The number of rotatable bonds is 17. The molecule has 0 aromatic carbocycles. The predicted octanol–water partition coefficient (Wildman–Crippen LogP) is 5.78. The summed E-state index contributed by atoms with van der Waals surface area (Å²) in [5.74, 6) is 0. The lowest BCUT2D eigenvalue weighted by Crippen LogP contribution is -2.53. The molecule has 0 spiro atoms. The zero-order valence-corrected chi connectivity index (χ0v) is 18.1. The van der Waals surface area contributed by atoms with Gasteiger partial charge in [0, 0.05) is 6.54 Å². The maximum atomic E-state index is 11.1. The Morgan fingerprint density at radius 3 is 1.59 bits per heavy atom. The van der Waals surface area contributed by atoms with Crippen molar-refractivity contribution in [2.24, 2.45) is 0 Å². The van der Waals surface area contributed by atoms with E-state index in [4.69, 9.17) is 0 Å². The highest BCUT2D eigenvalue weighted by Gasteiger charge is 2.29. The topological polar surface area (TPSA) is 43.4 Å². The highest BCUT2D eigenvalue weighted by molar-refractivity contribution is 5.54. The summed E-state index contributed by atoms with van der Waals surface area (Å²) in [6.07, 6.45) is 24.6. The van der Waals surface area contributed by atoms with E-state index in [1.165, 1.54) is 96.3 Å². The molecule has 1 unspecified atom stereocenters. The van der Waals surface area contributed by atoms with E-state index in [0.717, 1.165) is 13.0 Å². The standard InChI is InChI=1S/C23H44N2O2/c1-3-4-5-6-7-8-9-10-11-12-13-14-15-16-17-18-19-24-20-21-25(2,22-24)23(26)27/h20-21H,3-19,22H2,1-2H3. The second-order valence-electron chi connectivity index (χ2n) is 8.59. The lowest BCUT2D eigenvalue weighted by molar-refractivity contribution is -0.810. The van der Waals surface area contributed by atoms with Gasteiger partial charge in [-0.15, -0.1) is 0 Å². The van der Waals surface area contributed by atoms with E-state index in [1.54, 1.807) is 13.2 Å². The van der Waals surface area contributed by atoms with Crippen molar-refractivity contribution in [3.05, 3.63) is 12.4 Å². The summed E-state index contributed by atoms with van der Waals surface area (Å²) in [5, 5.41) is 11.1. The van der Waals surface area contributed by atoms with Crippen LogP contribution < -0.4 is 5.11 Å². The van der Waals surface area contributed by atoms with Crippen molar-refractivity contribution in [1.29, 1.82) is 0 Å². The van der Waals surface area contributed by atoms with Crippen molar-refractivity contribution in [2.45, 2.75) is 110 Å². The van der Waals surface area contributed by atoms with Crippen molar-refractivity contribution in [3.63, 3.8) is 0 Å². The van der Waals surface area contributed by atoms with Gasteiger partial charge in [0.15, 0.2) is 6.67 Å². The molecule has 0 saturated carbocycles. The van der Waals surface area contributed by atoms with Crippen LogP contribution in [0.5, 0.6) is 0 Å². The van der Waals surface area contributed by atoms with Crippen LogP contribution in [0.25, 0.3) is 0 Å². The van der Waals surface area contributed by atoms with Crippen molar-refractivity contribution < 1.29 is 14.4 Å². The Balaban J connectivity index is 1.78. The molecule has 0 aromatic heterocycles. The van der Waals surface area contributed by atoms with E-state index in [9.17, 15) is 9.90 Å². The first-order chi connectivity index (χ1) is 13.1. The molecule has 0 saturated heterocycles. The predicted molar refractivity (Wildman–Crippen MR) is 112 cm³/mol. The minimum absolute atomic E-state index is 0.126. The monoisotopic (exact) mass is 380 g/mol. The van der Waals surface area contributed by atoms with E-state index in [0.29, 0.717) is 6.67 Å². The number of hydrogen-bond donors (Lipinski definition) is 0. The molecule has 0 fully saturated rings. The van der Waals surface area contributed by atoms with Crippen molar-refractivity contribution in [3.8, 4) is 0 Å². The number of nitrogens with zero attached hydrogens (tertiary/aromatic N) is 2. The van der Waals surface area contributed by atoms with Crippen LogP contribution in [0.4, 0.5) is 4.79 Å². The maximum absolute atomic E-state index is 11.1. The lowest BCUT2D eigenvalue weighted by atomic mass is 10.0. The second kappa shape index (κ2) is 15.0. The van der Waals surface area contributed by atoms with Crippen LogP contribution in [-0.4, -0.2) is 35.7 Å². The van der Waals surface area contributed by atoms with Gasteiger partial charge in [-0.3, -0.25) is 0 Å². The van der Waals surface area contributed by atoms with Crippen molar-refractivity contribution in [1.82, 2.24) is 4.90 Å². The molecular weight excluding hydrogens is 336 g/mol. The van der Waals surface area contributed by atoms with Gasteiger partial charge in [0.05, 0.1) is 13.2 Å². The Morgan fingerprint density at radius 2 is 1.22 bits per heavy atom. The van der Waals surface area contributed by atoms with E-state index < -0.39 is 6.09 Å². The van der Waals surface area contributed by atoms with Gasteiger partial charge in [-0.1, -0.05) is 103 Å². The van der Waals surface area contributed by atoms with Crippen LogP contribution in [0.1, 0.15) is 110 Å². The molecule has 1 rings (SSSR count). The second-order valence-corrected chi connectivity index (χ2v) is 8.59. The normalized spacial score (nSPS) is 19.1. The van der Waals surface area contributed by atoms with Crippen LogP contribution in [0.3, 0.4) is 0 Å². The third-order valence-electron chi connectivity index (χ3n) is 5.80. The van der Waals surface area contributed by atoms with Gasteiger partial charge >= 0.3 is 0 Å². The quantitative estimate of drug-likeness (QED) is 0.237. The number of quaternary nitrogens is 1. The van der Waals surface area contributed by atoms with Gasteiger partial charge in [0.2, 0.25) is 0 Å². The summed E-state index contributed by atoms with van der Waals surface area (Å²) in [6.45, 7) is 3.74. The number of carbonyl (C=O) groups is 1. The van der Waals surface area contributed by atoms with Gasteiger partial charge in [-0.2, -0.15) is 0 Å². The average molecular weight is 381 g/mol. The zero-order valence-electron chi connectivity index (χ0n) is 18.1. The Hall–Kier alpha value is -1.03. The van der Waals surface area contributed by atoms with Gasteiger partial charge in [-0.05, 0) is 6.42 Å². The van der Waals surface area contributed by atoms with Gasteiger partial charge in [0.1, 0.15) is 6.20 Å². The Morgan fingerprint density at radius 1 is 0.815 bits per heavy atom. The molecule has 0 N–H and O–H groups in total. The van der Waals surface area contributed by atoms with Crippen LogP contribution in [0.2, 0.25) is 0 Å². The van der Waals surface area contributed by atoms with Crippen LogP contribution in [-0.2, 0) is 0 Å². The van der Waals surface area contributed by atoms with Crippen LogP contribution >= 0.6 is 0 Å². The molecule has 1 aliphatic heterocycles. The summed E-state index contributed by atoms with van der Waals surface area (Å²) < 4.78 is -0.126. The molecule has 158 valence electrons. The number of unbranched alkanes of at least 4 members (excludes halogenated alkanes) is 15.